The lowest BCUT2D eigenvalue weighted by Crippen LogP contribution is -2.36. The summed E-state index contributed by atoms with van der Waals surface area (Å²) in [6.45, 7) is -0.559. The van der Waals surface area contributed by atoms with Crippen LogP contribution < -0.4 is 21.3 Å². The molecule has 1 aliphatic carbocycles. The number of Topliss-reactive ketones (excluding diaryl/α,β-unsaturated/α-hetero) is 1. The van der Waals surface area contributed by atoms with Crippen molar-refractivity contribution >= 4 is 17.6 Å². The number of allylic oxidation sites excluding steroid dienone is 2. The minimum atomic E-state index is -1.14. The van der Waals surface area contributed by atoms with Crippen molar-refractivity contribution in [3.8, 4) is 5.75 Å². The van der Waals surface area contributed by atoms with Crippen LogP contribution in [0.5, 0.6) is 5.75 Å². The number of carboxylic acid groups (broad SMARTS) is 1. The Hall–Kier alpha value is -3.62. The van der Waals surface area contributed by atoms with Crippen LogP contribution in [0.1, 0.15) is 36.3 Å². The molecule has 0 saturated carbocycles. The number of carbonyl (C=O) groups excluding carboxylic acids is 1. The molecule has 0 fully saturated rings. The number of aromatic nitrogens is 2. The molecule has 0 amide bonds. The SMILES string of the molecule is O=C(O)COc1ccccc1[C@H]1C2=C(CCCC2=O)Nc2[nH]c(=O)[nH]c(=O)c21. The van der Waals surface area contributed by atoms with E-state index < -0.39 is 29.7 Å². The third kappa shape index (κ3) is 3.00. The van der Waals surface area contributed by atoms with Crippen LogP contribution in [-0.4, -0.2) is 33.4 Å². The van der Waals surface area contributed by atoms with E-state index >= 15 is 0 Å². The number of rotatable bonds is 4. The summed E-state index contributed by atoms with van der Waals surface area (Å²) in [5, 5.41) is 12.0. The van der Waals surface area contributed by atoms with Crippen LogP contribution in [0.3, 0.4) is 0 Å². The molecule has 4 N–H and O–H groups in total. The molecule has 0 radical (unpaired) electrons. The van der Waals surface area contributed by atoms with Gasteiger partial charge in [-0.05, 0) is 18.9 Å². The molecular weight excluding hydrogens is 366 g/mol. The Bertz CT molecular complexity index is 1130. The molecule has 0 bridgehead atoms. The summed E-state index contributed by atoms with van der Waals surface area (Å²) in [6, 6.07) is 6.68. The molecule has 2 heterocycles. The lowest BCUT2D eigenvalue weighted by Gasteiger charge is -2.33. The minimum Gasteiger partial charge on any atom is -0.482 e. The summed E-state index contributed by atoms with van der Waals surface area (Å²) >= 11 is 0. The number of para-hydroxylation sites is 1. The van der Waals surface area contributed by atoms with Crippen LogP contribution in [0.4, 0.5) is 5.82 Å². The maximum atomic E-state index is 12.8. The van der Waals surface area contributed by atoms with Crippen LogP contribution >= 0.6 is 0 Å². The molecule has 2 aliphatic rings. The van der Waals surface area contributed by atoms with Crippen molar-refractivity contribution in [1.82, 2.24) is 9.97 Å². The van der Waals surface area contributed by atoms with Gasteiger partial charge in [-0.15, -0.1) is 0 Å². The topological polar surface area (TPSA) is 141 Å². The number of fused-ring (bicyclic) bond motifs is 1. The van der Waals surface area contributed by atoms with Crippen LogP contribution in [0.25, 0.3) is 0 Å². The second kappa shape index (κ2) is 6.84. The van der Waals surface area contributed by atoms with Gasteiger partial charge < -0.3 is 15.2 Å². The Morgan fingerprint density at radius 3 is 2.71 bits per heavy atom. The smallest absolute Gasteiger partial charge is 0.341 e. The number of aromatic amines is 2. The summed E-state index contributed by atoms with van der Waals surface area (Å²) in [7, 11) is 0. The molecule has 0 unspecified atom stereocenters. The van der Waals surface area contributed by atoms with Gasteiger partial charge in [0.25, 0.3) is 5.56 Å². The van der Waals surface area contributed by atoms with E-state index in [1.54, 1.807) is 24.3 Å². The zero-order chi connectivity index (χ0) is 19.8. The number of carbonyl (C=O) groups is 2. The molecule has 1 aromatic carbocycles. The monoisotopic (exact) mass is 383 g/mol. The second-order valence-corrected chi connectivity index (χ2v) is 6.64. The Kier molecular flexibility index (Phi) is 4.34. The molecule has 0 saturated heterocycles. The number of benzene rings is 1. The van der Waals surface area contributed by atoms with Crippen LogP contribution in [0.2, 0.25) is 0 Å². The number of H-pyrrole nitrogens is 2. The van der Waals surface area contributed by atoms with E-state index in [0.717, 1.165) is 0 Å². The first-order valence-electron chi connectivity index (χ1n) is 8.79. The van der Waals surface area contributed by atoms with Crippen molar-refractivity contribution in [2.24, 2.45) is 0 Å². The number of hydrogen-bond donors (Lipinski definition) is 4. The van der Waals surface area contributed by atoms with Gasteiger partial charge in [0, 0.05) is 23.3 Å². The molecule has 1 atom stereocenters. The first-order valence-corrected chi connectivity index (χ1v) is 8.79. The molecule has 0 spiro atoms. The predicted molar refractivity (Wildman–Crippen MR) is 98.6 cm³/mol. The van der Waals surface area contributed by atoms with Crippen LogP contribution in [0, 0.1) is 0 Å². The van der Waals surface area contributed by atoms with Crippen molar-refractivity contribution < 1.29 is 19.4 Å². The van der Waals surface area contributed by atoms with Gasteiger partial charge in [-0.2, -0.15) is 0 Å². The number of hydrogen-bond acceptors (Lipinski definition) is 6. The van der Waals surface area contributed by atoms with Crippen molar-refractivity contribution in [3.05, 3.63) is 67.5 Å². The number of anilines is 1. The molecule has 28 heavy (non-hydrogen) atoms. The molecule has 2 aromatic rings. The van der Waals surface area contributed by atoms with Gasteiger partial charge >= 0.3 is 11.7 Å². The van der Waals surface area contributed by atoms with Crippen molar-refractivity contribution in [1.29, 1.82) is 0 Å². The summed E-state index contributed by atoms with van der Waals surface area (Å²) < 4.78 is 5.41. The Morgan fingerprint density at radius 2 is 1.93 bits per heavy atom. The highest BCUT2D eigenvalue weighted by Gasteiger charge is 2.38. The number of aliphatic carboxylic acids is 1. The first-order chi connectivity index (χ1) is 13.5. The van der Waals surface area contributed by atoms with E-state index in [0.29, 0.717) is 36.1 Å². The highest BCUT2D eigenvalue weighted by Crippen LogP contribution is 2.45. The fourth-order valence-electron chi connectivity index (χ4n) is 3.79. The molecule has 144 valence electrons. The van der Waals surface area contributed by atoms with Crippen molar-refractivity contribution in [2.45, 2.75) is 25.2 Å². The highest BCUT2D eigenvalue weighted by molar-refractivity contribution is 6.01. The molecule has 1 aliphatic heterocycles. The third-order valence-electron chi connectivity index (χ3n) is 4.87. The minimum absolute atomic E-state index is 0.0944. The van der Waals surface area contributed by atoms with Crippen LogP contribution in [-0.2, 0) is 9.59 Å². The zero-order valence-electron chi connectivity index (χ0n) is 14.7. The van der Waals surface area contributed by atoms with Gasteiger partial charge in [-0.3, -0.25) is 19.6 Å². The zero-order valence-corrected chi connectivity index (χ0v) is 14.7. The van der Waals surface area contributed by atoms with Crippen molar-refractivity contribution in [3.63, 3.8) is 0 Å². The highest BCUT2D eigenvalue weighted by atomic mass is 16.5. The second-order valence-electron chi connectivity index (χ2n) is 6.64. The van der Waals surface area contributed by atoms with Gasteiger partial charge in [0.15, 0.2) is 12.4 Å². The summed E-state index contributed by atoms with van der Waals surface area (Å²) in [5.74, 6) is -1.51. The molecule has 9 heteroatoms. The maximum absolute atomic E-state index is 12.8. The fourth-order valence-corrected chi connectivity index (χ4v) is 3.79. The predicted octanol–water partition coefficient (Wildman–Crippen LogP) is 1.09. The summed E-state index contributed by atoms with van der Waals surface area (Å²) in [5.41, 5.74) is 0.517. The van der Waals surface area contributed by atoms with E-state index in [4.69, 9.17) is 9.84 Å². The average molecular weight is 383 g/mol. The Labute approximate surface area is 158 Å². The molecule has 1 aromatic heterocycles. The number of ether oxygens (including phenoxy) is 1. The van der Waals surface area contributed by atoms with Gasteiger partial charge in [-0.25, -0.2) is 9.59 Å². The number of ketones is 1. The van der Waals surface area contributed by atoms with E-state index in [1.807, 2.05) is 0 Å². The lowest BCUT2D eigenvalue weighted by atomic mass is 9.76. The quantitative estimate of drug-likeness (QED) is 0.619. The standard InChI is InChI=1S/C19H17N3O6/c23-11-6-3-5-10-15(11)14(16-17(20-10)21-19(27)22-18(16)26)9-4-1-2-7-12(9)28-8-13(24)25/h1-2,4,7,14H,3,5-6,8H2,(H,24,25)(H3,20,21,22,26,27)/t14-/m0/s1. The first kappa shape index (κ1) is 17.8. The molecule has 9 nitrogen and oxygen atoms in total. The normalized spacial score (nSPS) is 18.1. The van der Waals surface area contributed by atoms with E-state index in [-0.39, 0.29) is 22.9 Å². The van der Waals surface area contributed by atoms with Crippen molar-refractivity contribution in [2.75, 3.05) is 11.9 Å². The van der Waals surface area contributed by atoms with Gasteiger partial charge in [0.05, 0.1) is 11.5 Å². The largest absolute Gasteiger partial charge is 0.482 e. The number of carboxylic acids is 1. The van der Waals surface area contributed by atoms with Gasteiger partial charge in [0.2, 0.25) is 0 Å². The number of nitrogens with one attached hydrogen (secondary N) is 3. The Balaban J connectivity index is 1.95. The average Bonchev–Trinajstić information content (AvgIpc) is 2.65. The summed E-state index contributed by atoms with van der Waals surface area (Å²) in [6.07, 6.45) is 1.62. The maximum Gasteiger partial charge on any atom is 0.341 e. The van der Waals surface area contributed by atoms with E-state index in [1.165, 1.54) is 0 Å². The van der Waals surface area contributed by atoms with E-state index in [9.17, 15) is 19.2 Å². The lowest BCUT2D eigenvalue weighted by molar-refractivity contribution is -0.139. The van der Waals surface area contributed by atoms with Crippen LogP contribution in [0.15, 0.2) is 45.1 Å². The van der Waals surface area contributed by atoms with Gasteiger partial charge in [-0.1, -0.05) is 18.2 Å². The Morgan fingerprint density at radius 1 is 1.14 bits per heavy atom. The van der Waals surface area contributed by atoms with Gasteiger partial charge in [0.1, 0.15) is 11.6 Å². The van der Waals surface area contributed by atoms with E-state index in [2.05, 4.69) is 15.3 Å². The molecular formula is C19H17N3O6. The fraction of sp³-hybridized carbons (Fsp3) is 0.263. The third-order valence-corrected chi connectivity index (χ3v) is 4.87. The molecule has 4 rings (SSSR count). The summed E-state index contributed by atoms with van der Waals surface area (Å²) in [4.78, 5) is 52.9.